The number of aromatic nitrogens is 1. The molecule has 1 fully saturated rings. The second-order valence-electron chi connectivity index (χ2n) is 3.70. The molecule has 1 aromatic heterocycles. The van der Waals surface area contributed by atoms with Gasteiger partial charge in [0.2, 0.25) is 0 Å². The summed E-state index contributed by atoms with van der Waals surface area (Å²) in [5.41, 5.74) is 1.14. The van der Waals surface area contributed by atoms with Crippen LogP contribution >= 0.6 is 0 Å². The molecule has 0 spiro atoms. The minimum absolute atomic E-state index is 0.415. The van der Waals surface area contributed by atoms with E-state index in [0.717, 1.165) is 31.7 Å². The summed E-state index contributed by atoms with van der Waals surface area (Å²) in [6.07, 6.45) is 3.40. The highest BCUT2D eigenvalue weighted by Crippen LogP contribution is 2.13. The van der Waals surface area contributed by atoms with Crippen LogP contribution in [0.15, 0.2) is 24.4 Å². The Labute approximate surface area is 84.7 Å². The lowest BCUT2D eigenvalue weighted by atomic mass is 10.3. The molecule has 0 radical (unpaired) electrons. The highest BCUT2D eigenvalue weighted by molar-refractivity contribution is 5.03. The van der Waals surface area contributed by atoms with Gasteiger partial charge in [-0.2, -0.15) is 0 Å². The summed E-state index contributed by atoms with van der Waals surface area (Å²) in [5, 5.41) is 0. The minimum atomic E-state index is 0.415. The monoisotopic (exact) mass is 192 g/mol. The predicted octanol–water partition coefficient (Wildman–Crippen LogP) is 1.30. The van der Waals surface area contributed by atoms with Gasteiger partial charge >= 0.3 is 0 Å². The Bertz CT molecular complexity index is 276. The smallest absolute Gasteiger partial charge is 0.0710 e. The first-order valence-electron chi connectivity index (χ1n) is 5.03. The lowest BCUT2D eigenvalue weighted by molar-refractivity contribution is 0.107. The van der Waals surface area contributed by atoms with Gasteiger partial charge in [0, 0.05) is 32.9 Å². The van der Waals surface area contributed by atoms with Crippen LogP contribution in [0, 0.1) is 0 Å². The first-order valence-corrected chi connectivity index (χ1v) is 5.03. The summed E-state index contributed by atoms with van der Waals surface area (Å²) in [7, 11) is 1.79. The number of ether oxygens (including phenoxy) is 1. The SMILES string of the molecule is COC1CCN(Cc2ccccn2)C1. The topological polar surface area (TPSA) is 25.4 Å². The van der Waals surface area contributed by atoms with Crippen LogP contribution in [0.5, 0.6) is 0 Å². The normalized spacial score (nSPS) is 22.8. The van der Waals surface area contributed by atoms with Gasteiger partial charge in [-0.25, -0.2) is 0 Å². The third-order valence-corrected chi connectivity index (χ3v) is 2.67. The predicted molar refractivity (Wildman–Crippen MR) is 54.9 cm³/mol. The van der Waals surface area contributed by atoms with Crippen LogP contribution in [0.4, 0.5) is 0 Å². The van der Waals surface area contributed by atoms with Crippen molar-refractivity contribution in [2.45, 2.75) is 19.1 Å². The standard InChI is InChI=1S/C11H16N2O/c1-14-11-5-7-13(9-11)8-10-4-2-3-6-12-10/h2-4,6,11H,5,7-9H2,1H3. The number of nitrogens with zero attached hydrogens (tertiary/aromatic N) is 2. The van der Waals surface area contributed by atoms with Crippen molar-refractivity contribution in [1.82, 2.24) is 9.88 Å². The Hall–Kier alpha value is -0.930. The van der Waals surface area contributed by atoms with E-state index in [2.05, 4.69) is 16.0 Å². The zero-order valence-electron chi connectivity index (χ0n) is 8.52. The van der Waals surface area contributed by atoms with Crippen molar-refractivity contribution in [2.75, 3.05) is 20.2 Å². The molecule has 1 aliphatic heterocycles. The maximum Gasteiger partial charge on any atom is 0.0710 e. The van der Waals surface area contributed by atoms with E-state index in [1.807, 2.05) is 18.3 Å². The lowest BCUT2D eigenvalue weighted by Gasteiger charge is -2.14. The van der Waals surface area contributed by atoms with E-state index < -0.39 is 0 Å². The maximum absolute atomic E-state index is 5.32. The van der Waals surface area contributed by atoms with E-state index >= 15 is 0 Å². The molecule has 2 heterocycles. The van der Waals surface area contributed by atoms with Crippen molar-refractivity contribution >= 4 is 0 Å². The van der Waals surface area contributed by atoms with E-state index in [9.17, 15) is 0 Å². The average molecular weight is 192 g/mol. The largest absolute Gasteiger partial charge is 0.380 e. The quantitative estimate of drug-likeness (QED) is 0.722. The molecule has 3 heteroatoms. The summed E-state index contributed by atoms with van der Waals surface area (Å²) in [6, 6.07) is 6.05. The summed E-state index contributed by atoms with van der Waals surface area (Å²) >= 11 is 0. The third kappa shape index (κ3) is 2.30. The van der Waals surface area contributed by atoms with Crippen molar-refractivity contribution in [3.8, 4) is 0 Å². The molecule has 1 atom stereocenters. The van der Waals surface area contributed by atoms with Crippen LogP contribution in [0.3, 0.4) is 0 Å². The zero-order valence-corrected chi connectivity index (χ0v) is 8.52. The first kappa shape index (κ1) is 9.62. The number of hydrogen-bond donors (Lipinski definition) is 0. The minimum Gasteiger partial charge on any atom is -0.380 e. The molecular weight excluding hydrogens is 176 g/mol. The van der Waals surface area contributed by atoms with Gasteiger partial charge in [-0.1, -0.05) is 6.07 Å². The van der Waals surface area contributed by atoms with Gasteiger partial charge in [0.15, 0.2) is 0 Å². The highest BCUT2D eigenvalue weighted by Gasteiger charge is 2.21. The van der Waals surface area contributed by atoms with Gasteiger partial charge in [0.25, 0.3) is 0 Å². The van der Waals surface area contributed by atoms with Gasteiger partial charge < -0.3 is 4.74 Å². The molecule has 1 aromatic rings. The van der Waals surface area contributed by atoms with Crippen LogP contribution < -0.4 is 0 Å². The van der Waals surface area contributed by atoms with Gasteiger partial charge in [0.1, 0.15) is 0 Å². The molecule has 0 saturated carbocycles. The Kier molecular flexibility index (Phi) is 3.11. The van der Waals surface area contributed by atoms with E-state index in [-0.39, 0.29) is 0 Å². The average Bonchev–Trinajstić information content (AvgIpc) is 2.67. The molecule has 76 valence electrons. The molecule has 0 N–H and O–H groups in total. The van der Waals surface area contributed by atoms with E-state index in [1.165, 1.54) is 0 Å². The van der Waals surface area contributed by atoms with Crippen LogP contribution in [-0.2, 0) is 11.3 Å². The van der Waals surface area contributed by atoms with Crippen LogP contribution in [0.2, 0.25) is 0 Å². The second kappa shape index (κ2) is 4.53. The van der Waals surface area contributed by atoms with Gasteiger partial charge in [-0.3, -0.25) is 9.88 Å². The van der Waals surface area contributed by atoms with E-state index in [1.54, 1.807) is 7.11 Å². The molecule has 3 nitrogen and oxygen atoms in total. The number of likely N-dealkylation sites (tertiary alicyclic amines) is 1. The van der Waals surface area contributed by atoms with Gasteiger partial charge in [0.05, 0.1) is 11.8 Å². The van der Waals surface area contributed by atoms with Crippen molar-refractivity contribution in [3.05, 3.63) is 30.1 Å². The summed E-state index contributed by atoms with van der Waals surface area (Å²) in [4.78, 5) is 6.70. The van der Waals surface area contributed by atoms with Crippen LogP contribution in [0.25, 0.3) is 0 Å². The Morgan fingerprint density at radius 1 is 1.57 bits per heavy atom. The Morgan fingerprint density at radius 3 is 3.14 bits per heavy atom. The Morgan fingerprint density at radius 2 is 2.50 bits per heavy atom. The zero-order chi connectivity index (χ0) is 9.80. The highest BCUT2D eigenvalue weighted by atomic mass is 16.5. The molecule has 1 aliphatic rings. The molecule has 1 saturated heterocycles. The van der Waals surface area contributed by atoms with Crippen molar-refractivity contribution < 1.29 is 4.74 Å². The van der Waals surface area contributed by atoms with Crippen LogP contribution in [-0.4, -0.2) is 36.2 Å². The molecule has 2 rings (SSSR count). The number of pyridine rings is 1. The van der Waals surface area contributed by atoms with Crippen molar-refractivity contribution in [3.63, 3.8) is 0 Å². The third-order valence-electron chi connectivity index (χ3n) is 2.67. The van der Waals surface area contributed by atoms with E-state index in [4.69, 9.17) is 4.74 Å². The van der Waals surface area contributed by atoms with E-state index in [0.29, 0.717) is 6.10 Å². The Balaban J connectivity index is 1.88. The summed E-state index contributed by atoms with van der Waals surface area (Å²) in [5.74, 6) is 0. The van der Waals surface area contributed by atoms with Crippen molar-refractivity contribution in [1.29, 1.82) is 0 Å². The second-order valence-corrected chi connectivity index (χ2v) is 3.70. The fourth-order valence-corrected chi connectivity index (χ4v) is 1.85. The molecule has 0 bridgehead atoms. The van der Waals surface area contributed by atoms with Crippen molar-refractivity contribution in [2.24, 2.45) is 0 Å². The molecule has 1 unspecified atom stereocenters. The number of hydrogen-bond acceptors (Lipinski definition) is 3. The fourth-order valence-electron chi connectivity index (χ4n) is 1.85. The number of methoxy groups -OCH3 is 1. The molecular formula is C11H16N2O. The molecule has 0 aliphatic carbocycles. The van der Waals surface area contributed by atoms with Gasteiger partial charge in [-0.15, -0.1) is 0 Å². The number of rotatable bonds is 3. The fraction of sp³-hybridized carbons (Fsp3) is 0.545. The lowest BCUT2D eigenvalue weighted by Crippen LogP contribution is -2.22. The molecule has 0 amide bonds. The molecule has 14 heavy (non-hydrogen) atoms. The first-order chi connectivity index (χ1) is 6.88. The van der Waals surface area contributed by atoms with Crippen LogP contribution in [0.1, 0.15) is 12.1 Å². The maximum atomic E-state index is 5.32. The summed E-state index contributed by atoms with van der Waals surface area (Å²) in [6.45, 7) is 3.10. The molecule has 0 aromatic carbocycles. The summed E-state index contributed by atoms with van der Waals surface area (Å²) < 4.78 is 5.32. The van der Waals surface area contributed by atoms with Gasteiger partial charge in [-0.05, 0) is 18.6 Å².